The van der Waals surface area contributed by atoms with Crippen molar-refractivity contribution in [2.45, 2.75) is 6.42 Å². The van der Waals surface area contributed by atoms with Crippen LogP contribution in [0.3, 0.4) is 0 Å². The smallest absolute Gasteiger partial charge is 0.171 e. The first-order valence-corrected chi connectivity index (χ1v) is 5.50. The SMILES string of the molecule is O=C(Cc1ccc(F)cc1)c1cc(O)c(O)cc1O. The Bertz CT molecular complexity index is 620. The van der Waals surface area contributed by atoms with Gasteiger partial charge in [0, 0.05) is 12.5 Å². The average Bonchev–Trinajstić information content (AvgIpc) is 2.36. The van der Waals surface area contributed by atoms with Crippen LogP contribution in [0.1, 0.15) is 15.9 Å². The van der Waals surface area contributed by atoms with Gasteiger partial charge in [0.1, 0.15) is 11.6 Å². The predicted octanol–water partition coefficient (Wildman–Crippen LogP) is 2.37. The van der Waals surface area contributed by atoms with Crippen molar-refractivity contribution in [3.05, 3.63) is 53.3 Å². The lowest BCUT2D eigenvalue weighted by molar-refractivity contribution is 0.0990. The summed E-state index contributed by atoms with van der Waals surface area (Å²) in [6, 6.07) is 7.28. The molecule has 0 bridgehead atoms. The molecule has 2 aromatic rings. The van der Waals surface area contributed by atoms with E-state index in [9.17, 15) is 19.4 Å². The maximum atomic E-state index is 12.7. The van der Waals surface area contributed by atoms with Crippen LogP contribution in [0.25, 0.3) is 0 Å². The average molecular weight is 262 g/mol. The molecule has 0 amide bonds. The van der Waals surface area contributed by atoms with E-state index >= 15 is 0 Å². The summed E-state index contributed by atoms with van der Waals surface area (Å²) in [5, 5.41) is 28.0. The molecule has 0 radical (unpaired) electrons. The van der Waals surface area contributed by atoms with Crippen molar-refractivity contribution in [2.24, 2.45) is 0 Å². The number of hydrogen-bond donors (Lipinski definition) is 3. The maximum absolute atomic E-state index is 12.7. The number of phenolic OH excluding ortho intramolecular Hbond substituents is 3. The van der Waals surface area contributed by atoms with Crippen molar-refractivity contribution in [2.75, 3.05) is 0 Å². The molecule has 0 aliphatic heterocycles. The molecule has 19 heavy (non-hydrogen) atoms. The van der Waals surface area contributed by atoms with Crippen LogP contribution in [-0.2, 0) is 6.42 Å². The third-order valence-corrected chi connectivity index (χ3v) is 2.67. The lowest BCUT2D eigenvalue weighted by Gasteiger charge is -2.06. The number of aromatic hydroxyl groups is 3. The van der Waals surface area contributed by atoms with E-state index < -0.39 is 28.8 Å². The molecule has 5 heteroatoms. The van der Waals surface area contributed by atoms with Gasteiger partial charge >= 0.3 is 0 Å². The Hall–Kier alpha value is -2.56. The molecule has 0 aromatic heterocycles. The number of halogens is 1. The van der Waals surface area contributed by atoms with Crippen LogP contribution in [0, 0.1) is 5.82 Å². The number of benzene rings is 2. The molecule has 3 N–H and O–H groups in total. The summed E-state index contributed by atoms with van der Waals surface area (Å²) >= 11 is 0. The van der Waals surface area contributed by atoms with Gasteiger partial charge in [-0.2, -0.15) is 0 Å². The summed E-state index contributed by atoms with van der Waals surface area (Å²) in [5.74, 6) is -2.25. The number of hydrogen-bond acceptors (Lipinski definition) is 4. The Morgan fingerprint density at radius 1 is 0.947 bits per heavy atom. The van der Waals surface area contributed by atoms with Crippen LogP contribution in [0.4, 0.5) is 4.39 Å². The van der Waals surface area contributed by atoms with E-state index in [0.717, 1.165) is 12.1 Å². The van der Waals surface area contributed by atoms with Crippen molar-refractivity contribution in [3.63, 3.8) is 0 Å². The van der Waals surface area contributed by atoms with Gasteiger partial charge < -0.3 is 15.3 Å². The second-order valence-electron chi connectivity index (χ2n) is 4.08. The van der Waals surface area contributed by atoms with E-state index in [0.29, 0.717) is 5.56 Å². The van der Waals surface area contributed by atoms with Crippen molar-refractivity contribution in [3.8, 4) is 17.2 Å². The zero-order chi connectivity index (χ0) is 14.0. The van der Waals surface area contributed by atoms with Crippen molar-refractivity contribution in [1.29, 1.82) is 0 Å². The Labute approximate surface area is 108 Å². The third kappa shape index (κ3) is 2.82. The number of carbonyl (C=O) groups is 1. The molecule has 2 rings (SSSR count). The molecule has 0 unspecified atom stereocenters. The summed E-state index contributed by atoms with van der Waals surface area (Å²) in [6.45, 7) is 0. The van der Waals surface area contributed by atoms with Crippen molar-refractivity contribution in [1.82, 2.24) is 0 Å². The van der Waals surface area contributed by atoms with Crippen molar-refractivity contribution >= 4 is 5.78 Å². The molecule has 2 aromatic carbocycles. The minimum Gasteiger partial charge on any atom is -0.507 e. The van der Waals surface area contributed by atoms with Crippen molar-refractivity contribution < 1.29 is 24.5 Å². The minimum atomic E-state index is -0.504. The molecule has 0 aliphatic rings. The Balaban J connectivity index is 2.25. The van der Waals surface area contributed by atoms with Gasteiger partial charge in [-0.1, -0.05) is 12.1 Å². The van der Waals surface area contributed by atoms with E-state index in [1.165, 1.54) is 24.3 Å². The molecule has 0 heterocycles. The van der Waals surface area contributed by atoms with E-state index in [4.69, 9.17) is 5.11 Å². The van der Waals surface area contributed by atoms with Gasteiger partial charge in [-0.3, -0.25) is 4.79 Å². The monoisotopic (exact) mass is 262 g/mol. The van der Waals surface area contributed by atoms with Crippen LogP contribution in [0.5, 0.6) is 17.2 Å². The molecule has 98 valence electrons. The third-order valence-electron chi connectivity index (χ3n) is 2.67. The highest BCUT2D eigenvalue weighted by Gasteiger charge is 2.15. The summed E-state index contributed by atoms with van der Waals surface area (Å²) < 4.78 is 12.7. The van der Waals surface area contributed by atoms with Gasteiger partial charge in [0.15, 0.2) is 17.3 Å². The first-order valence-electron chi connectivity index (χ1n) is 5.50. The van der Waals surface area contributed by atoms with Gasteiger partial charge in [-0.25, -0.2) is 4.39 Å². The summed E-state index contributed by atoms with van der Waals surface area (Å²) in [5.41, 5.74) is 0.484. The molecule has 0 saturated heterocycles. The highest BCUT2D eigenvalue weighted by atomic mass is 19.1. The van der Waals surface area contributed by atoms with Crippen LogP contribution >= 0.6 is 0 Å². The second-order valence-corrected chi connectivity index (χ2v) is 4.08. The van der Waals surface area contributed by atoms with Gasteiger partial charge in [-0.15, -0.1) is 0 Å². The number of Topliss-reactive ketones (excluding diaryl/α,β-unsaturated/α-hetero) is 1. The fraction of sp³-hybridized carbons (Fsp3) is 0.0714. The Morgan fingerprint density at radius 2 is 1.53 bits per heavy atom. The van der Waals surface area contributed by atoms with Crippen LogP contribution < -0.4 is 0 Å². The molecular weight excluding hydrogens is 251 g/mol. The molecule has 0 saturated carbocycles. The summed E-state index contributed by atoms with van der Waals surface area (Å²) in [6.07, 6.45) is -0.0436. The number of phenols is 3. The number of ketones is 1. The quantitative estimate of drug-likeness (QED) is 0.451. The maximum Gasteiger partial charge on any atom is 0.171 e. The summed E-state index contributed by atoms with van der Waals surface area (Å²) in [4.78, 5) is 11.9. The fourth-order valence-corrected chi connectivity index (χ4v) is 1.67. The lowest BCUT2D eigenvalue weighted by Crippen LogP contribution is -2.04. The molecule has 0 fully saturated rings. The normalized spacial score (nSPS) is 10.4. The zero-order valence-electron chi connectivity index (χ0n) is 9.80. The van der Waals surface area contributed by atoms with E-state index in [-0.39, 0.29) is 12.0 Å². The fourth-order valence-electron chi connectivity index (χ4n) is 1.67. The molecule has 0 atom stereocenters. The predicted molar refractivity (Wildman–Crippen MR) is 65.9 cm³/mol. The standard InChI is InChI=1S/C14H11FO4/c15-9-3-1-8(2-4-9)5-11(16)10-6-13(18)14(19)7-12(10)17/h1-4,6-7,17-19H,5H2. The minimum absolute atomic E-state index is 0.0436. The molecule has 0 aliphatic carbocycles. The Kier molecular flexibility index (Phi) is 3.37. The van der Waals surface area contributed by atoms with Gasteiger partial charge in [0.05, 0.1) is 5.56 Å². The van der Waals surface area contributed by atoms with Gasteiger partial charge in [0.25, 0.3) is 0 Å². The van der Waals surface area contributed by atoms with E-state index in [2.05, 4.69) is 0 Å². The molecule has 0 spiro atoms. The highest BCUT2D eigenvalue weighted by Crippen LogP contribution is 2.32. The van der Waals surface area contributed by atoms with Gasteiger partial charge in [-0.05, 0) is 23.8 Å². The lowest BCUT2D eigenvalue weighted by atomic mass is 10.0. The van der Waals surface area contributed by atoms with Gasteiger partial charge in [0.2, 0.25) is 0 Å². The first kappa shape index (κ1) is 12.9. The van der Waals surface area contributed by atoms with Crippen LogP contribution in [0.15, 0.2) is 36.4 Å². The Morgan fingerprint density at radius 3 is 2.16 bits per heavy atom. The molecular formula is C14H11FO4. The topological polar surface area (TPSA) is 77.8 Å². The van der Waals surface area contributed by atoms with Crippen LogP contribution in [0.2, 0.25) is 0 Å². The second kappa shape index (κ2) is 4.97. The van der Waals surface area contributed by atoms with E-state index in [1.807, 2.05) is 0 Å². The first-order chi connectivity index (χ1) is 8.97. The number of carbonyl (C=O) groups excluding carboxylic acids is 1. The van der Waals surface area contributed by atoms with Crippen LogP contribution in [-0.4, -0.2) is 21.1 Å². The summed E-state index contributed by atoms with van der Waals surface area (Å²) in [7, 11) is 0. The highest BCUT2D eigenvalue weighted by molar-refractivity contribution is 6.00. The number of rotatable bonds is 3. The zero-order valence-corrected chi connectivity index (χ0v) is 9.80. The van der Waals surface area contributed by atoms with E-state index in [1.54, 1.807) is 0 Å². The molecule has 4 nitrogen and oxygen atoms in total. The largest absolute Gasteiger partial charge is 0.507 e.